The van der Waals surface area contributed by atoms with Gasteiger partial charge in [-0.25, -0.2) is 4.98 Å². The van der Waals surface area contributed by atoms with Crippen LogP contribution in [0.4, 0.5) is 5.82 Å². The highest BCUT2D eigenvalue weighted by atomic mass is 35.5. The number of hydrogen-bond acceptors (Lipinski definition) is 3. The molecular formula is C12H15ClN4. The molecule has 0 spiro atoms. The first-order valence-electron chi connectivity index (χ1n) is 5.57. The minimum Gasteiger partial charge on any atom is -0.370 e. The molecule has 0 radical (unpaired) electrons. The van der Waals surface area contributed by atoms with Gasteiger partial charge < -0.3 is 5.32 Å². The smallest absolute Gasteiger partial charge is 0.125 e. The summed E-state index contributed by atoms with van der Waals surface area (Å²) in [4.78, 5) is 4.18. The molecule has 0 bridgehead atoms. The molecule has 2 aromatic heterocycles. The highest BCUT2D eigenvalue weighted by Crippen LogP contribution is 2.10. The Kier molecular flexibility index (Phi) is 3.98. The van der Waals surface area contributed by atoms with Crippen molar-refractivity contribution in [3.8, 4) is 0 Å². The van der Waals surface area contributed by atoms with Gasteiger partial charge in [0.1, 0.15) is 5.82 Å². The first kappa shape index (κ1) is 11.9. The van der Waals surface area contributed by atoms with Crippen molar-refractivity contribution in [1.29, 1.82) is 0 Å². The molecule has 1 atom stereocenters. The molecule has 5 heteroatoms. The number of halogens is 1. The SMILES string of the molecule is C[C@H](CNc1ccc(Cl)cn1)Cn1cccn1. The summed E-state index contributed by atoms with van der Waals surface area (Å²) in [7, 11) is 0. The number of nitrogens with zero attached hydrogens (tertiary/aromatic N) is 3. The molecule has 0 unspecified atom stereocenters. The second kappa shape index (κ2) is 5.68. The van der Waals surface area contributed by atoms with Gasteiger partial charge in [-0.2, -0.15) is 5.10 Å². The third kappa shape index (κ3) is 3.75. The zero-order valence-electron chi connectivity index (χ0n) is 9.68. The van der Waals surface area contributed by atoms with E-state index in [1.165, 1.54) is 0 Å². The number of rotatable bonds is 5. The molecule has 0 saturated heterocycles. The molecular weight excluding hydrogens is 236 g/mol. The minimum absolute atomic E-state index is 0.479. The summed E-state index contributed by atoms with van der Waals surface area (Å²) in [6.07, 6.45) is 5.40. The zero-order chi connectivity index (χ0) is 12.1. The number of nitrogens with one attached hydrogen (secondary N) is 1. The van der Waals surface area contributed by atoms with Crippen LogP contribution in [0.15, 0.2) is 36.8 Å². The Morgan fingerprint density at radius 1 is 1.47 bits per heavy atom. The lowest BCUT2D eigenvalue weighted by molar-refractivity contribution is 0.467. The summed E-state index contributed by atoms with van der Waals surface area (Å²) < 4.78 is 1.93. The summed E-state index contributed by atoms with van der Waals surface area (Å²) in [5.41, 5.74) is 0. The van der Waals surface area contributed by atoms with Gasteiger partial charge in [0, 0.05) is 31.7 Å². The van der Waals surface area contributed by atoms with Crippen molar-refractivity contribution < 1.29 is 0 Å². The van der Waals surface area contributed by atoms with E-state index in [1.54, 1.807) is 12.4 Å². The molecule has 90 valence electrons. The van der Waals surface area contributed by atoms with Crippen LogP contribution in [0.1, 0.15) is 6.92 Å². The van der Waals surface area contributed by atoms with E-state index in [-0.39, 0.29) is 0 Å². The van der Waals surface area contributed by atoms with E-state index in [1.807, 2.05) is 29.1 Å². The van der Waals surface area contributed by atoms with Crippen LogP contribution >= 0.6 is 11.6 Å². The summed E-state index contributed by atoms with van der Waals surface area (Å²) in [5, 5.41) is 8.10. The maximum absolute atomic E-state index is 5.77. The monoisotopic (exact) mass is 250 g/mol. The van der Waals surface area contributed by atoms with Gasteiger partial charge in [-0.1, -0.05) is 18.5 Å². The Bertz CT molecular complexity index is 438. The van der Waals surface area contributed by atoms with E-state index in [2.05, 4.69) is 22.3 Å². The Morgan fingerprint density at radius 2 is 2.35 bits per heavy atom. The predicted molar refractivity (Wildman–Crippen MR) is 69.1 cm³/mol. The largest absolute Gasteiger partial charge is 0.370 e. The standard InChI is InChI=1S/C12H15ClN4/c1-10(9-17-6-2-5-16-17)7-14-12-4-3-11(13)8-15-12/h2-6,8,10H,7,9H2,1H3,(H,14,15)/t10-/m1/s1. The molecule has 0 fully saturated rings. The van der Waals surface area contributed by atoms with Gasteiger partial charge in [-0.3, -0.25) is 4.68 Å². The summed E-state index contributed by atoms with van der Waals surface area (Å²) in [6, 6.07) is 5.64. The molecule has 2 rings (SSSR count). The molecule has 0 aliphatic heterocycles. The molecule has 1 N–H and O–H groups in total. The second-order valence-corrected chi connectivity index (χ2v) is 4.51. The highest BCUT2D eigenvalue weighted by Gasteiger charge is 2.03. The van der Waals surface area contributed by atoms with Crippen LogP contribution in [-0.4, -0.2) is 21.3 Å². The van der Waals surface area contributed by atoms with Crippen molar-refractivity contribution in [2.75, 3.05) is 11.9 Å². The van der Waals surface area contributed by atoms with Gasteiger partial charge in [0.2, 0.25) is 0 Å². The maximum atomic E-state index is 5.77. The summed E-state index contributed by atoms with van der Waals surface area (Å²) >= 11 is 5.77. The number of aromatic nitrogens is 3. The summed E-state index contributed by atoms with van der Waals surface area (Å²) in [5.74, 6) is 1.33. The van der Waals surface area contributed by atoms with Crippen LogP contribution in [0.25, 0.3) is 0 Å². The predicted octanol–water partition coefficient (Wildman–Crippen LogP) is 2.68. The first-order chi connectivity index (χ1) is 8.24. The van der Waals surface area contributed by atoms with Crippen LogP contribution in [0, 0.1) is 5.92 Å². The molecule has 0 amide bonds. The van der Waals surface area contributed by atoms with Gasteiger partial charge in [0.05, 0.1) is 5.02 Å². The van der Waals surface area contributed by atoms with Crippen molar-refractivity contribution in [1.82, 2.24) is 14.8 Å². The number of anilines is 1. The van der Waals surface area contributed by atoms with Crippen LogP contribution in [0.5, 0.6) is 0 Å². The van der Waals surface area contributed by atoms with Gasteiger partial charge in [-0.05, 0) is 24.1 Å². The van der Waals surface area contributed by atoms with Crippen molar-refractivity contribution in [2.24, 2.45) is 5.92 Å². The molecule has 2 aromatic rings. The van der Waals surface area contributed by atoms with Crippen LogP contribution in [0.2, 0.25) is 5.02 Å². The average molecular weight is 251 g/mol. The van der Waals surface area contributed by atoms with Gasteiger partial charge in [-0.15, -0.1) is 0 Å². The van der Waals surface area contributed by atoms with Crippen LogP contribution in [-0.2, 0) is 6.54 Å². The van der Waals surface area contributed by atoms with E-state index >= 15 is 0 Å². The topological polar surface area (TPSA) is 42.7 Å². The first-order valence-corrected chi connectivity index (χ1v) is 5.94. The highest BCUT2D eigenvalue weighted by molar-refractivity contribution is 6.30. The van der Waals surface area contributed by atoms with Crippen LogP contribution < -0.4 is 5.32 Å². The van der Waals surface area contributed by atoms with E-state index in [9.17, 15) is 0 Å². The van der Waals surface area contributed by atoms with Crippen molar-refractivity contribution in [2.45, 2.75) is 13.5 Å². The lowest BCUT2D eigenvalue weighted by Gasteiger charge is -2.13. The molecule has 0 aliphatic carbocycles. The van der Waals surface area contributed by atoms with Gasteiger partial charge >= 0.3 is 0 Å². The normalized spacial score (nSPS) is 12.4. The molecule has 2 heterocycles. The van der Waals surface area contributed by atoms with Gasteiger partial charge in [0.25, 0.3) is 0 Å². The Morgan fingerprint density at radius 3 is 3.00 bits per heavy atom. The number of hydrogen-bond donors (Lipinski definition) is 1. The third-order valence-corrected chi connectivity index (χ3v) is 2.64. The van der Waals surface area contributed by atoms with E-state index in [0.717, 1.165) is 18.9 Å². The molecule has 0 aliphatic rings. The van der Waals surface area contributed by atoms with E-state index in [0.29, 0.717) is 10.9 Å². The van der Waals surface area contributed by atoms with Crippen molar-refractivity contribution in [3.05, 3.63) is 41.8 Å². The van der Waals surface area contributed by atoms with Gasteiger partial charge in [0.15, 0.2) is 0 Å². The Hall–Kier alpha value is -1.55. The Labute approximate surface area is 106 Å². The molecule has 0 saturated carbocycles. The molecule has 4 nitrogen and oxygen atoms in total. The fraction of sp³-hybridized carbons (Fsp3) is 0.333. The number of pyridine rings is 1. The lowest BCUT2D eigenvalue weighted by Crippen LogP contribution is -2.17. The Balaban J connectivity index is 1.79. The minimum atomic E-state index is 0.479. The van der Waals surface area contributed by atoms with Crippen molar-refractivity contribution >= 4 is 17.4 Å². The fourth-order valence-corrected chi connectivity index (χ4v) is 1.66. The molecule has 17 heavy (non-hydrogen) atoms. The second-order valence-electron chi connectivity index (χ2n) is 4.08. The zero-order valence-corrected chi connectivity index (χ0v) is 10.4. The maximum Gasteiger partial charge on any atom is 0.125 e. The van der Waals surface area contributed by atoms with Crippen molar-refractivity contribution in [3.63, 3.8) is 0 Å². The molecule has 0 aromatic carbocycles. The third-order valence-electron chi connectivity index (χ3n) is 2.42. The van der Waals surface area contributed by atoms with E-state index < -0.39 is 0 Å². The quantitative estimate of drug-likeness (QED) is 0.887. The van der Waals surface area contributed by atoms with E-state index in [4.69, 9.17) is 11.6 Å². The fourth-order valence-electron chi connectivity index (χ4n) is 1.55. The average Bonchev–Trinajstić information content (AvgIpc) is 2.81. The van der Waals surface area contributed by atoms with Crippen LogP contribution in [0.3, 0.4) is 0 Å². The lowest BCUT2D eigenvalue weighted by atomic mass is 10.2. The summed E-state index contributed by atoms with van der Waals surface area (Å²) in [6.45, 7) is 3.92.